The highest BCUT2D eigenvalue weighted by Crippen LogP contribution is 2.26. The third-order valence-electron chi connectivity index (χ3n) is 6.22. The van der Waals surface area contributed by atoms with Gasteiger partial charge in [0.15, 0.2) is 10.9 Å². The molecule has 3 aromatic carbocycles. The third kappa shape index (κ3) is 3.45. The van der Waals surface area contributed by atoms with Crippen LogP contribution < -0.4 is 5.56 Å². The first-order chi connectivity index (χ1) is 17.0. The van der Waals surface area contributed by atoms with Gasteiger partial charge in [0, 0.05) is 22.7 Å². The molecule has 0 unspecified atom stereocenters. The van der Waals surface area contributed by atoms with Gasteiger partial charge in [-0.1, -0.05) is 54.2 Å². The zero-order valence-corrected chi connectivity index (χ0v) is 20.0. The Morgan fingerprint density at radius 3 is 2.60 bits per heavy atom. The molecule has 6 aromatic rings. The van der Waals surface area contributed by atoms with E-state index < -0.39 is 0 Å². The lowest BCUT2D eigenvalue weighted by atomic mass is 10.1. The van der Waals surface area contributed by atoms with Gasteiger partial charge in [0.2, 0.25) is 5.78 Å². The monoisotopic (exact) mass is 479 g/mol. The number of H-pyrrole nitrogens is 1. The van der Waals surface area contributed by atoms with Crippen LogP contribution in [-0.2, 0) is 0 Å². The number of para-hydroxylation sites is 2. The number of thioether (sulfide) groups is 1. The normalized spacial score (nSPS) is 11.6. The largest absolute Gasteiger partial charge is 0.360 e. The number of aromatic amines is 1. The minimum atomic E-state index is -0.152. The molecular weight excluding hydrogens is 458 g/mol. The summed E-state index contributed by atoms with van der Waals surface area (Å²) in [6.45, 7) is 3.96. The van der Waals surface area contributed by atoms with Gasteiger partial charge in [-0.2, -0.15) is 0 Å². The number of carbonyl (C=O) groups excluding carboxylic acids is 1. The van der Waals surface area contributed by atoms with Gasteiger partial charge in [-0.25, -0.2) is 4.57 Å². The molecule has 3 aromatic heterocycles. The van der Waals surface area contributed by atoms with Gasteiger partial charge in [0.25, 0.3) is 5.56 Å². The molecule has 0 spiro atoms. The Balaban J connectivity index is 1.48. The van der Waals surface area contributed by atoms with Crippen molar-refractivity contribution in [3.8, 4) is 5.69 Å². The number of nitrogens with one attached hydrogen (secondary N) is 1. The van der Waals surface area contributed by atoms with Gasteiger partial charge < -0.3 is 4.98 Å². The Bertz CT molecular complexity index is 1830. The molecule has 0 saturated heterocycles. The highest BCUT2D eigenvalue weighted by atomic mass is 32.2. The molecular formula is C27H21N5O2S. The summed E-state index contributed by atoms with van der Waals surface area (Å²) in [6.07, 6.45) is 1.75. The van der Waals surface area contributed by atoms with E-state index in [4.69, 9.17) is 0 Å². The molecule has 0 fully saturated rings. The summed E-state index contributed by atoms with van der Waals surface area (Å²) in [4.78, 5) is 29.8. The summed E-state index contributed by atoms with van der Waals surface area (Å²) in [5.74, 6) is 0.611. The smallest absolute Gasteiger partial charge is 0.267 e. The molecule has 0 amide bonds. The van der Waals surface area contributed by atoms with Crippen molar-refractivity contribution in [3.63, 3.8) is 0 Å². The van der Waals surface area contributed by atoms with Crippen LogP contribution in [0.5, 0.6) is 0 Å². The van der Waals surface area contributed by atoms with Crippen LogP contribution in [-0.4, -0.2) is 35.7 Å². The number of hydrogen-bond donors (Lipinski definition) is 1. The first-order valence-corrected chi connectivity index (χ1v) is 12.2. The second-order valence-corrected chi connectivity index (χ2v) is 9.47. The maximum Gasteiger partial charge on any atom is 0.267 e. The lowest BCUT2D eigenvalue weighted by molar-refractivity contribution is 0.102. The van der Waals surface area contributed by atoms with Crippen molar-refractivity contribution >= 4 is 45.1 Å². The van der Waals surface area contributed by atoms with E-state index in [0.717, 1.165) is 27.7 Å². The van der Waals surface area contributed by atoms with Crippen LogP contribution in [0, 0.1) is 13.8 Å². The number of carbonyl (C=O) groups is 1. The van der Waals surface area contributed by atoms with E-state index >= 15 is 0 Å². The fourth-order valence-electron chi connectivity index (χ4n) is 4.46. The quantitative estimate of drug-likeness (QED) is 0.274. The van der Waals surface area contributed by atoms with E-state index in [-0.39, 0.29) is 17.1 Å². The van der Waals surface area contributed by atoms with Crippen molar-refractivity contribution in [1.29, 1.82) is 0 Å². The number of ketones is 1. The molecule has 172 valence electrons. The predicted molar refractivity (Wildman–Crippen MR) is 139 cm³/mol. The molecule has 6 rings (SSSR count). The molecule has 8 heteroatoms. The van der Waals surface area contributed by atoms with Gasteiger partial charge in [-0.15, -0.1) is 10.2 Å². The topological polar surface area (TPSA) is 85.0 Å². The van der Waals surface area contributed by atoms with Crippen molar-refractivity contribution in [2.24, 2.45) is 0 Å². The molecule has 7 nitrogen and oxygen atoms in total. The molecule has 0 radical (unpaired) electrons. The zero-order valence-electron chi connectivity index (χ0n) is 19.1. The van der Waals surface area contributed by atoms with Crippen LogP contribution in [0.3, 0.4) is 0 Å². The van der Waals surface area contributed by atoms with Gasteiger partial charge in [-0.3, -0.25) is 14.0 Å². The minimum absolute atomic E-state index is 0.00337. The summed E-state index contributed by atoms with van der Waals surface area (Å²) in [6, 6.07) is 21.2. The number of hydrogen-bond acceptors (Lipinski definition) is 5. The molecule has 0 bridgehead atoms. The molecule has 0 aliphatic heterocycles. The van der Waals surface area contributed by atoms with E-state index in [2.05, 4.69) is 15.2 Å². The lowest BCUT2D eigenvalue weighted by Gasteiger charge is -2.14. The summed E-state index contributed by atoms with van der Waals surface area (Å²) < 4.78 is 3.48. The summed E-state index contributed by atoms with van der Waals surface area (Å²) >= 11 is 1.31. The second kappa shape index (κ2) is 8.25. The summed E-state index contributed by atoms with van der Waals surface area (Å²) in [5, 5.41) is 10.8. The van der Waals surface area contributed by atoms with Crippen molar-refractivity contribution in [2.45, 2.75) is 19.0 Å². The summed E-state index contributed by atoms with van der Waals surface area (Å²) in [5.41, 5.74) is 4.91. The maximum atomic E-state index is 13.6. The van der Waals surface area contributed by atoms with Gasteiger partial charge >= 0.3 is 0 Å². The van der Waals surface area contributed by atoms with Gasteiger partial charge in [-0.05, 0) is 49.2 Å². The van der Waals surface area contributed by atoms with Crippen molar-refractivity contribution in [2.75, 3.05) is 5.75 Å². The van der Waals surface area contributed by atoms with Crippen LogP contribution in [0.2, 0.25) is 0 Å². The van der Waals surface area contributed by atoms with Crippen molar-refractivity contribution in [3.05, 3.63) is 100.0 Å². The first-order valence-electron chi connectivity index (χ1n) is 11.2. The average Bonchev–Trinajstić information content (AvgIpc) is 3.49. The van der Waals surface area contributed by atoms with Gasteiger partial charge in [0.1, 0.15) is 0 Å². The predicted octanol–water partition coefficient (Wildman–Crippen LogP) is 5.11. The SMILES string of the molecule is Cc1ccc(C)c(-n2c(=O)c3ccccc3n3c(SCC(=O)c4c[nH]c5ccccc45)nnc23)c1. The fraction of sp³-hybridized carbons (Fsp3) is 0.111. The Morgan fingerprint density at radius 2 is 1.74 bits per heavy atom. The number of aromatic nitrogens is 5. The van der Waals surface area contributed by atoms with Crippen molar-refractivity contribution in [1.82, 2.24) is 24.1 Å². The highest BCUT2D eigenvalue weighted by molar-refractivity contribution is 7.99. The zero-order chi connectivity index (χ0) is 24.1. The second-order valence-electron chi connectivity index (χ2n) is 8.53. The lowest BCUT2D eigenvalue weighted by Crippen LogP contribution is -2.22. The molecule has 0 aliphatic carbocycles. The molecule has 0 aliphatic rings. The molecule has 0 atom stereocenters. The van der Waals surface area contributed by atoms with Crippen molar-refractivity contribution < 1.29 is 4.79 Å². The van der Waals surface area contributed by atoms with Gasteiger partial charge in [0.05, 0.1) is 22.3 Å². The number of aryl methyl sites for hydroxylation is 2. The number of fused-ring (bicyclic) bond motifs is 4. The Morgan fingerprint density at radius 1 is 0.971 bits per heavy atom. The molecule has 0 saturated carbocycles. The molecule has 3 heterocycles. The van der Waals surface area contributed by atoms with Crippen LogP contribution in [0.4, 0.5) is 0 Å². The van der Waals surface area contributed by atoms with Crippen LogP contribution in [0.1, 0.15) is 21.5 Å². The maximum absolute atomic E-state index is 13.6. The third-order valence-corrected chi connectivity index (χ3v) is 7.15. The standard InChI is InChI=1S/C27H21N5O2S/c1-16-11-12-17(2)23(13-16)31-25(34)19-8-4-6-10-22(19)32-26(31)29-30-27(32)35-15-24(33)20-14-28-21-9-5-3-7-18(20)21/h3-14,28H,15H2,1-2H3. The van der Waals surface area contributed by atoms with E-state index in [1.54, 1.807) is 10.8 Å². The number of benzene rings is 3. The van der Waals surface area contributed by atoms with E-state index in [0.29, 0.717) is 27.4 Å². The van der Waals surface area contributed by atoms with E-state index in [1.807, 2.05) is 85.0 Å². The first kappa shape index (κ1) is 21.4. The van der Waals surface area contributed by atoms with E-state index in [1.165, 1.54) is 11.8 Å². The Hall–Kier alpha value is -4.17. The number of Topliss-reactive ketones (excluding diaryl/α,β-unsaturated/α-hetero) is 1. The molecule has 1 N–H and O–H groups in total. The average molecular weight is 480 g/mol. The number of rotatable bonds is 5. The van der Waals surface area contributed by atoms with Crippen LogP contribution in [0.15, 0.2) is 82.9 Å². The van der Waals surface area contributed by atoms with E-state index in [9.17, 15) is 9.59 Å². The summed E-state index contributed by atoms with van der Waals surface area (Å²) in [7, 11) is 0. The fourth-order valence-corrected chi connectivity index (χ4v) is 5.28. The Kier molecular flexibility index (Phi) is 5.04. The highest BCUT2D eigenvalue weighted by Gasteiger charge is 2.20. The minimum Gasteiger partial charge on any atom is -0.360 e. The number of nitrogens with zero attached hydrogens (tertiary/aromatic N) is 4. The van der Waals surface area contributed by atoms with Crippen LogP contribution >= 0.6 is 11.8 Å². The van der Waals surface area contributed by atoms with Crippen LogP contribution in [0.25, 0.3) is 33.3 Å². The molecule has 35 heavy (non-hydrogen) atoms. The Labute approximate surface area is 204 Å².